The lowest BCUT2D eigenvalue weighted by atomic mass is 9.91. The second-order valence-corrected chi connectivity index (χ2v) is 5.72. The van der Waals surface area contributed by atoms with Crippen LogP contribution in [0.15, 0.2) is 42.5 Å². The molecular weight excluding hydrogens is 308 g/mol. The van der Waals surface area contributed by atoms with E-state index in [0.29, 0.717) is 12.0 Å². The van der Waals surface area contributed by atoms with E-state index in [0.717, 1.165) is 5.56 Å². The van der Waals surface area contributed by atoms with E-state index in [2.05, 4.69) is 0 Å². The Morgan fingerprint density at radius 3 is 2.21 bits per heavy atom. The van der Waals surface area contributed by atoms with E-state index in [1.807, 2.05) is 30.3 Å². The molecule has 24 heavy (non-hydrogen) atoms. The minimum atomic E-state index is -0.690. The lowest BCUT2D eigenvalue weighted by Gasteiger charge is -2.15. The van der Waals surface area contributed by atoms with Gasteiger partial charge in [0.15, 0.2) is 5.78 Å². The van der Waals surface area contributed by atoms with E-state index in [1.165, 1.54) is 19.2 Å². The summed E-state index contributed by atoms with van der Waals surface area (Å²) in [4.78, 5) is 24.5. The Bertz CT molecular complexity index is 714. The molecule has 0 aliphatic rings. The van der Waals surface area contributed by atoms with Crippen LogP contribution in [0.3, 0.4) is 0 Å². The van der Waals surface area contributed by atoms with Crippen molar-refractivity contribution in [2.24, 2.45) is 5.92 Å². The number of esters is 1. The van der Waals surface area contributed by atoms with Crippen molar-refractivity contribution in [2.75, 3.05) is 7.11 Å². The molecule has 2 N–H and O–H groups in total. The molecule has 2 aromatic rings. The molecule has 1 atom stereocenters. The molecule has 0 saturated carbocycles. The fourth-order valence-corrected chi connectivity index (χ4v) is 2.66. The molecule has 0 unspecified atom stereocenters. The Morgan fingerprint density at radius 2 is 1.67 bits per heavy atom. The lowest BCUT2D eigenvalue weighted by Crippen LogP contribution is -2.22. The predicted molar refractivity (Wildman–Crippen MR) is 89.1 cm³/mol. The molecule has 0 heterocycles. The molecule has 0 aliphatic carbocycles. The second-order valence-electron chi connectivity index (χ2n) is 5.72. The number of ketones is 1. The van der Waals surface area contributed by atoms with Crippen molar-refractivity contribution in [1.82, 2.24) is 0 Å². The van der Waals surface area contributed by atoms with Gasteiger partial charge in [0.25, 0.3) is 0 Å². The number of rotatable bonds is 6. The summed E-state index contributed by atoms with van der Waals surface area (Å²) in [6.45, 7) is 1.69. The van der Waals surface area contributed by atoms with Crippen molar-refractivity contribution in [1.29, 1.82) is 0 Å². The van der Waals surface area contributed by atoms with Gasteiger partial charge in [0.05, 0.1) is 13.0 Å². The first-order valence-corrected chi connectivity index (χ1v) is 7.60. The number of benzene rings is 2. The van der Waals surface area contributed by atoms with Crippen molar-refractivity contribution in [3.8, 4) is 11.5 Å². The lowest BCUT2D eigenvalue weighted by molar-refractivity contribution is -0.145. The summed E-state index contributed by atoms with van der Waals surface area (Å²) in [5, 5.41) is 19.9. The number of phenols is 2. The average Bonchev–Trinajstić information content (AvgIpc) is 2.53. The molecule has 0 radical (unpaired) electrons. The third kappa shape index (κ3) is 4.13. The van der Waals surface area contributed by atoms with Crippen molar-refractivity contribution < 1.29 is 24.5 Å². The zero-order valence-corrected chi connectivity index (χ0v) is 13.7. The molecular formula is C19H20O5. The SMILES string of the molecule is COC(=O)[C@@H](CC(=O)c1c(O)cc(C)cc1O)Cc1ccccc1. The molecule has 0 saturated heterocycles. The number of methoxy groups -OCH3 is 1. The van der Waals surface area contributed by atoms with Crippen molar-refractivity contribution in [2.45, 2.75) is 19.8 Å². The number of ether oxygens (including phenoxy) is 1. The first-order valence-electron chi connectivity index (χ1n) is 7.60. The molecule has 5 heteroatoms. The highest BCUT2D eigenvalue weighted by atomic mass is 16.5. The van der Waals surface area contributed by atoms with Crippen LogP contribution >= 0.6 is 0 Å². The van der Waals surface area contributed by atoms with Crippen LogP contribution in [0.2, 0.25) is 0 Å². The van der Waals surface area contributed by atoms with E-state index < -0.39 is 17.7 Å². The van der Waals surface area contributed by atoms with Gasteiger partial charge < -0.3 is 14.9 Å². The first kappa shape index (κ1) is 17.5. The molecule has 2 rings (SSSR count). The molecule has 0 spiro atoms. The van der Waals surface area contributed by atoms with Gasteiger partial charge >= 0.3 is 5.97 Å². The Labute approximate surface area is 140 Å². The summed E-state index contributed by atoms with van der Waals surface area (Å²) < 4.78 is 4.78. The first-order chi connectivity index (χ1) is 11.4. The van der Waals surface area contributed by atoms with Crippen LogP contribution in [0.25, 0.3) is 0 Å². The smallest absolute Gasteiger partial charge is 0.309 e. The van der Waals surface area contributed by atoms with E-state index in [-0.39, 0.29) is 23.5 Å². The zero-order valence-electron chi connectivity index (χ0n) is 13.7. The Balaban J connectivity index is 2.23. The summed E-state index contributed by atoms with van der Waals surface area (Å²) in [6, 6.07) is 12.1. The van der Waals surface area contributed by atoms with E-state index >= 15 is 0 Å². The highest BCUT2D eigenvalue weighted by Crippen LogP contribution is 2.31. The topological polar surface area (TPSA) is 83.8 Å². The number of carbonyl (C=O) groups is 2. The van der Waals surface area contributed by atoms with Crippen LogP contribution in [-0.4, -0.2) is 29.1 Å². The molecule has 0 aliphatic heterocycles. The van der Waals surface area contributed by atoms with Gasteiger partial charge in [-0.2, -0.15) is 0 Å². The molecule has 0 bridgehead atoms. The molecule has 126 valence electrons. The number of Topliss-reactive ketones (excluding diaryl/α,β-unsaturated/α-hetero) is 1. The number of aromatic hydroxyl groups is 2. The zero-order chi connectivity index (χ0) is 17.7. The van der Waals surface area contributed by atoms with Gasteiger partial charge in [-0.3, -0.25) is 9.59 Å². The summed E-state index contributed by atoms with van der Waals surface area (Å²) in [5.41, 5.74) is 1.37. The third-order valence-corrected chi connectivity index (χ3v) is 3.81. The van der Waals surface area contributed by atoms with Gasteiger partial charge in [0.1, 0.15) is 17.1 Å². The van der Waals surface area contributed by atoms with Crippen LogP contribution in [0, 0.1) is 12.8 Å². The molecule has 0 fully saturated rings. The van der Waals surface area contributed by atoms with E-state index in [1.54, 1.807) is 6.92 Å². The maximum Gasteiger partial charge on any atom is 0.309 e. The fourth-order valence-electron chi connectivity index (χ4n) is 2.66. The summed E-state index contributed by atoms with van der Waals surface area (Å²) in [5.74, 6) is -2.28. The third-order valence-electron chi connectivity index (χ3n) is 3.81. The van der Waals surface area contributed by atoms with Gasteiger partial charge in [0.2, 0.25) is 0 Å². The predicted octanol–water partition coefficient (Wildman–Crippen LogP) is 3.01. The van der Waals surface area contributed by atoms with Crippen LogP contribution in [0.1, 0.15) is 27.9 Å². The maximum absolute atomic E-state index is 12.5. The fraction of sp³-hybridized carbons (Fsp3) is 0.263. The van der Waals surface area contributed by atoms with E-state index in [9.17, 15) is 19.8 Å². The highest BCUT2D eigenvalue weighted by molar-refractivity contribution is 6.02. The monoisotopic (exact) mass is 328 g/mol. The Morgan fingerprint density at radius 1 is 1.08 bits per heavy atom. The molecule has 0 aromatic heterocycles. The van der Waals surface area contributed by atoms with Gasteiger partial charge in [-0.15, -0.1) is 0 Å². The van der Waals surface area contributed by atoms with Gasteiger partial charge in [-0.05, 0) is 36.6 Å². The normalized spacial score (nSPS) is 11.8. The molecule has 2 aromatic carbocycles. The summed E-state index contributed by atoms with van der Waals surface area (Å²) >= 11 is 0. The number of hydrogen-bond acceptors (Lipinski definition) is 5. The number of hydrogen-bond donors (Lipinski definition) is 2. The Kier molecular flexibility index (Phi) is 5.58. The average molecular weight is 328 g/mol. The molecule has 0 amide bonds. The minimum absolute atomic E-state index is 0.161. The van der Waals surface area contributed by atoms with Gasteiger partial charge in [0, 0.05) is 6.42 Å². The maximum atomic E-state index is 12.5. The van der Waals surface area contributed by atoms with Crippen molar-refractivity contribution in [3.63, 3.8) is 0 Å². The summed E-state index contributed by atoms with van der Waals surface area (Å²) in [7, 11) is 1.27. The highest BCUT2D eigenvalue weighted by Gasteiger charge is 2.26. The largest absolute Gasteiger partial charge is 0.507 e. The summed E-state index contributed by atoms with van der Waals surface area (Å²) in [6.07, 6.45) is 0.179. The van der Waals surface area contributed by atoms with Crippen LogP contribution in [-0.2, 0) is 16.0 Å². The minimum Gasteiger partial charge on any atom is -0.507 e. The van der Waals surface area contributed by atoms with Crippen LogP contribution in [0.5, 0.6) is 11.5 Å². The van der Waals surface area contributed by atoms with Crippen molar-refractivity contribution in [3.05, 3.63) is 59.2 Å². The Hall–Kier alpha value is -2.82. The number of aryl methyl sites for hydroxylation is 1. The standard InChI is InChI=1S/C19H20O5/c1-12-8-15(20)18(16(21)9-12)17(22)11-14(19(23)24-2)10-13-6-4-3-5-7-13/h3-9,14,20-21H,10-11H2,1-2H3/t14-/m1/s1. The van der Waals surface area contributed by atoms with Crippen LogP contribution in [0.4, 0.5) is 0 Å². The van der Waals surface area contributed by atoms with Crippen molar-refractivity contribution >= 4 is 11.8 Å². The van der Waals surface area contributed by atoms with E-state index in [4.69, 9.17) is 4.74 Å². The number of carbonyl (C=O) groups excluding carboxylic acids is 2. The quantitative estimate of drug-likeness (QED) is 0.629. The van der Waals surface area contributed by atoms with Crippen LogP contribution < -0.4 is 0 Å². The second kappa shape index (κ2) is 7.64. The van der Waals surface area contributed by atoms with Gasteiger partial charge in [-0.25, -0.2) is 0 Å². The molecule has 5 nitrogen and oxygen atoms in total. The van der Waals surface area contributed by atoms with Gasteiger partial charge in [-0.1, -0.05) is 30.3 Å². The number of phenolic OH excluding ortho intramolecular Hbond substituents is 2.